The zero-order valence-electron chi connectivity index (χ0n) is 6.56. The number of methoxy groups -OCH3 is 2. The fourth-order valence-electron chi connectivity index (χ4n) is 0.430. The predicted molar refractivity (Wildman–Crippen MR) is 39.8 cm³/mol. The molecule has 0 saturated carbocycles. The molecular formula is C5H12Cl2O2Zn. The van der Waals surface area contributed by atoms with E-state index in [2.05, 4.69) is 0 Å². The molecule has 0 spiro atoms. The topological polar surface area (TPSA) is 18.5 Å². The van der Waals surface area contributed by atoms with Gasteiger partial charge in [0.25, 0.3) is 0 Å². The maximum atomic E-state index is 4.95. The van der Waals surface area contributed by atoms with Crippen LogP contribution in [0.4, 0.5) is 0 Å². The van der Waals surface area contributed by atoms with E-state index < -0.39 is 15.1 Å². The van der Waals surface area contributed by atoms with Crippen molar-refractivity contribution in [1.29, 1.82) is 0 Å². The monoisotopic (exact) mass is 238 g/mol. The minimum absolute atomic E-state index is 0.0139. The normalized spacial score (nSPS) is 8.20. The first-order valence-electron chi connectivity index (χ1n) is 2.94. The van der Waals surface area contributed by atoms with Gasteiger partial charge in [0.1, 0.15) is 0 Å². The first kappa shape index (κ1) is 13.7. The third-order valence-corrected chi connectivity index (χ3v) is 0.859. The fraction of sp³-hybridized carbons (Fsp3) is 1.00. The van der Waals surface area contributed by atoms with Crippen LogP contribution < -0.4 is 0 Å². The van der Waals surface area contributed by atoms with Crippen molar-refractivity contribution >= 4 is 19.4 Å². The number of halogens is 2. The Bertz CT molecular complexity index is 47.4. The van der Waals surface area contributed by atoms with Gasteiger partial charge in [0.2, 0.25) is 0 Å². The Hall–Kier alpha value is 1.12. The molecule has 0 aromatic heterocycles. The second-order valence-corrected chi connectivity index (χ2v) is 6.03. The molecule has 0 aliphatic carbocycles. The summed E-state index contributed by atoms with van der Waals surface area (Å²) in [5.41, 5.74) is 0. The van der Waals surface area contributed by atoms with Gasteiger partial charge in [-0.15, -0.1) is 0 Å². The van der Waals surface area contributed by atoms with Crippen LogP contribution >= 0.6 is 19.4 Å². The average molecular weight is 240 g/mol. The number of rotatable bonds is 3. The van der Waals surface area contributed by atoms with Gasteiger partial charge in [-0.1, -0.05) is 6.92 Å². The molecule has 0 aromatic carbocycles. The molecule has 0 bridgehead atoms. The Morgan fingerprint density at radius 3 is 1.60 bits per heavy atom. The van der Waals surface area contributed by atoms with E-state index in [1.54, 1.807) is 14.2 Å². The molecule has 60 valence electrons. The molecule has 5 heteroatoms. The molecule has 2 nitrogen and oxygen atoms in total. The van der Waals surface area contributed by atoms with Crippen molar-refractivity contribution in [2.75, 3.05) is 14.2 Å². The van der Waals surface area contributed by atoms with Crippen molar-refractivity contribution < 1.29 is 24.6 Å². The maximum absolute atomic E-state index is 4.95. The molecular weight excluding hydrogens is 228 g/mol. The van der Waals surface area contributed by atoms with Crippen LogP contribution in [0.25, 0.3) is 0 Å². The van der Waals surface area contributed by atoms with Crippen LogP contribution in [0, 0.1) is 0 Å². The van der Waals surface area contributed by atoms with Gasteiger partial charge in [0.15, 0.2) is 6.29 Å². The quantitative estimate of drug-likeness (QED) is 0.557. The fourth-order valence-corrected chi connectivity index (χ4v) is 0.430. The number of hydrogen-bond donors (Lipinski definition) is 0. The zero-order chi connectivity index (χ0) is 8.41. The van der Waals surface area contributed by atoms with Gasteiger partial charge in [-0.05, 0) is 6.42 Å². The molecule has 0 aromatic rings. The van der Waals surface area contributed by atoms with E-state index in [-0.39, 0.29) is 6.29 Å². The molecule has 0 heterocycles. The third-order valence-electron chi connectivity index (χ3n) is 0.859. The van der Waals surface area contributed by atoms with Crippen LogP contribution in [0.3, 0.4) is 0 Å². The predicted octanol–water partition coefficient (Wildman–Crippen LogP) is 2.39. The first-order valence-corrected chi connectivity index (χ1v) is 10.7. The Balaban J connectivity index is 0. The summed E-state index contributed by atoms with van der Waals surface area (Å²) in [4.78, 5) is 0. The van der Waals surface area contributed by atoms with Crippen LogP contribution in [0.1, 0.15) is 13.3 Å². The third kappa shape index (κ3) is 11.9. The molecule has 0 rings (SSSR count). The van der Waals surface area contributed by atoms with Gasteiger partial charge in [-0.2, -0.15) is 0 Å². The van der Waals surface area contributed by atoms with Crippen LogP contribution in [-0.4, -0.2) is 20.5 Å². The van der Waals surface area contributed by atoms with Gasteiger partial charge in [-0.3, -0.25) is 0 Å². The number of hydrogen-bond acceptors (Lipinski definition) is 2. The van der Waals surface area contributed by atoms with Crippen molar-refractivity contribution in [3.63, 3.8) is 0 Å². The van der Waals surface area contributed by atoms with Crippen molar-refractivity contribution in [3.05, 3.63) is 0 Å². The molecule has 0 N–H and O–H groups in total. The average Bonchev–Trinajstić information content (AvgIpc) is 1.93. The van der Waals surface area contributed by atoms with E-state index >= 15 is 0 Å². The Morgan fingerprint density at radius 1 is 1.30 bits per heavy atom. The summed E-state index contributed by atoms with van der Waals surface area (Å²) in [7, 11) is 13.2. The Morgan fingerprint density at radius 2 is 1.60 bits per heavy atom. The van der Waals surface area contributed by atoms with Crippen LogP contribution in [-0.2, 0) is 24.6 Å². The van der Waals surface area contributed by atoms with E-state index in [4.69, 9.17) is 28.9 Å². The molecule has 0 aliphatic rings. The van der Waals surface area contributed by atoms with Crippen molar-refractivity contribution in [2.45, 2.75) is 19.6 Å². The molecule has 0 fully saturated rings. The van der Waals surface area contributed by atoms with E-state index in [1.165, 1.54) is 0 Å². The van der Waals surface area contributed by atoms with Crippen molar-refractivity contribution in [1.82, 2.24) is 0 Å². The van der Waals surface area contributed by atoms with Gasteiger partial charge in [0.05, 0.1) is 0 Å². The number of ether oxygens (including phenoxy) is 2. The minimum atomic E-state index is -0.931. The van der Waals surface area contributed by atoms with E-state index in [0.29, 0.717) is 0 Å². The van der Waals surface area contributed by atoms with Gasteiger partial charge in [0, 0.05) is 14.2 Å². The summed E-state index contributed by atoms with van der Waals surface area (Å²) in [6, 6.07) is 0. The molecule has 0 atom stereocenters. The molecule has 0 saturated heterocycles. The zero-order valence-corrected chi connectivity index (χ0v) is 11.0. The second-order valence-electron chi connectivity index (χ2n) is 1.41. The summed E-state index contributed by atoms with van der Waals surface area (Å²) in [6.45, 7) is 2.01. The summed E-state index contributed by atoms with van der Waals surface area (Å²) in [5.74, 6) is 0. The standard InChI is InChI=1S/C5H12O2.2ClH.Zn/c1-4-5(6-2)7-3;;;/h5H,4H2,1-3H3;2*1H;/q;;;+2/p-2. The van der Waals surface area contributed by atoms with E-state index in [0.717, 1.165) is 6.42 Å². The molecule has 0 amide bonds. The summed E-state index contributed by atoms with van der Waals surface area (Å²) >= 11 is -0.931. The summed E-state index contributed by atoms with van der Waals surface area (Å²) in [5, 5.41) is 0. The van der Waals surface area contributed by atoms with Gasteiger partial charge < -0.3 is 9.47 Å². The van der Waals surface area contributed by atoms with Crippen molar-refractivity contribution in [3.8, 4) is 0 Å². The molecule has 10 heavy (non-hydrogen) atoms. The molecule has 0 unspecified atom stereocenters. The SMILES string of the molecule is CCC(OC)OC.[Cl][Zn][Cl]. The Labute approximate surface area is 77.9 Å². The first-order chi connectivity index (χ1) is 4.76. The van der Waals surface area contributed by atoms with Crippen LogP contribution in [0.2, 0.25) is 0 Å². The van der Waals surface area contributed by atoms with Crippen LogP contribution in [0.5, 0.6) is 0 Å². The summed E-state index contributed by atoms with van der Waals surface area (Å²) < 4.78 is 9.65. The van der Waals surface area contributed by atoms with E-state index in [9.17, 15) is 0 Å². The second kappa shape index (κ2) is 12.8. The van der Waals surface area contributed by atoms with Crippen molar-refractivity contribution in [2.24, 2.45) is 0 Å². The molecule has 0 radical (unpaired) electrons. The van der Waals surface area contributed by atoms with E-state index in [1.807, 2.05) is 6.92 Å². The Kier molecular flexibility index (Phi) is 17.5. The van der Waals surface area contributed by atoms with Gasteiger partial charge >= 0.3 is 34.5 Å². The van der Waals surface area contributed by atoms with Gasteiger partial charge in [-0.25, -0.2) is 0 Å². The summed E-state index contributed by atoms with van der Waals surface area (Å²) in [6.07, 6.45) is 0.896. The molecule has 0 aliphatic heterocycles. The van der Waals surface area contributed by atoms with Crippen LogP contribution in [0.15, 0.2) is 0 Å².